The number of benzene rings is 3. The summed E-state index contributed by atoms with van der Waals surface area (Å²) in [5, 5.41) is 3.16. The minimum atomic E-state index is -0.841. The molecule has 1 heterocycles. The molecular formula is C28H20Cl2N2O5. The quantitative estimate of drug-likeness (QED) is 0.387. The molecule has 2 atom stereocenters. The molecule has 7 nitrogen and oxygen atoms in total. The van der Waals surface area contributed by atoms with Gasteiger partial charge in [-0.3, -0.25) is 24.1 Å². The van der Waals surface area contributed by atoms with Crippen LogP contribution in [0.25, 0.3) is 0 Å². The molecule has 0 spiro atoms. The number of hydrogen-bond donors (Lipinski definition) is 1. The third kappa shape index (κ3) is 3.81. The first kappa shape index (κ1) is 23.7. The highest BCUT2D eigenvalue weighted by Gasteiger charge is 2.61. The van der Waals surface area contributed by atoms with Crippen LogP contribution in [0, 0.1) is 11.8 Å². The lowest BCUT2D eigenvalue weighted by molar-refractivity contribution is -0.154. The summed E-state index contributed by atoms with van der Waals surface area (Å²) in [5.74, 6) is -3.86. The average Bonchev–Trinajstić information content (AvgIpc) is 3.15. The van der Waals surface area contributed by atoms with Gasteiger partial charge in [0.25, 0.3) is 5.91 Å². The Hall–Kier alpha value is -3.68. The predicted octanol–water partition coefficient (Wildman–Crippen LogP) is 4.37. The van der Waals surface area contributed by atoms with Gasteiger partial charge < -0.3 is 10.1 Å². The maximum Gasteiger partial charge on any atom is 0.326 e. The first-order chi connectivity index (χ1) is 17.8. The van der Waals surface area contributed by atoms with Gasteiger partial charge in [0.15, 0.2) is 6.61 Å². The molecule has 37 heavy (non-hydrogen) atoms. The number of hydrogen-bond acceptors (Lipinski definition) is 5. The molecule has 2 bridgehead atoms. The van der Waals surface area contributed by atoms with E-state index in [9.17, 15) is 19.2 Å². The van der Waals surface area contributed by atoms with Crippen LogP contribution < -0.4 is 5.32 Å². The number of anilines is 1. The second kappa shape index (κ2) is 9.01. The number of amides is 3. The summed E-state index contributed by atoms with van der Waals surface area (Å²) in [5.41, 5.74) is 4.60. The summed E-state index contributed by atoms with van der Waals surface area (Å²) in [7, 11) is 0. The van der Waals surface area contributed by atoms with Crippen molar-refractivity contribution >= 4 is 52.6 Å². The topological polar surface area (TPSA) is 92.8 Å². The molecule has 3 aromatic rings. The third-order valence-electron chi connectivity index (χ3n) is 7.39. The fourth-order valence-electron chi connectivity index (χ4n) is 5.99. The van der Waals surface area contributed by atoms with E-state index in [1.54, 1.807) is 6.07 Å². The van der Waals surface area contributed by atoms with Crippen molar-refractivity contribution in [1.29, 1.82) is 0 Å². The smallest absolute Gasteiger partial charge is 0.326 e. The lowest BCUT2D eigenvalue weighted by atomic mass is 9.55. The second-order valence-electron chi connectivity index (χ2n) is 9.37. The Balaban J connectivity index is 1.17. The van der Waals surface area contributed by atoms with E-state index in [0.29, 0.717) is 10.7 Å². The highest BCUT2D eigenvalue weighted by atomic mass is 35.5. The Morgan fingerprint density at radius 1 is 0.784 bits per heavy atom. The van der Waals surface area contributed by atoms with Crippen LogP contribution in [0.2, 0.25) is 10.0 Å². The van der Waals surface area contributed by atoms with E-state index in [0.717, 1.165) is 27.2 Å². The van der Waals surface area contributed by atoms with Crippen LogP contribution in [0.5, 0.6) is 0 Å². The molecule has 9 heteroatoms. The molecule has 3 aliphatic carbocycles. The lowest BCUT2D eigenvalue weighted by Crippen LogP contribution is -2.41. The monoisotopic (exact) mass is 534 g/mol. The van der Waals surface area contributed by atoms with E-state index in [1.807, 2.05) is 48.5 Å². The number of nitrogens with zero attached hydrogens (tertiary/aromatic N) is 1. The molecule has 3 aromatic carbocycles. The summed E-state index contributed by atoms with van der Waals surface area (Å²) < 4.78 is 5.08. The summed E-state index contributed by atoms with van der Waals surface area (Å²) >= 11 is 11.8. The van der Waals surface area contributed by atoms with Crippen molar-refractivity contribution < 1.29 is 23.9 Å². The summed E-state index contributed by atoms with van der Waals surface area (Å²) in [6.45, 7) is -1.12. The van der Waals surface area contributed by atoms with Gasteiger partial charge in [-0.1, -0.05) is 71.7 Å². The average molecular weight is 535 g/mol. The third-order valence-corrected chi connectivity index (χ3v) is 8.13. The zero-order valence-electron chi connectivity index (χ0n) is 19.3. The molecule has 3 amide bonds. The first-order valence-electron chi connectivity index (χ1n) is 11.8. The Morgan fingerprint density at radius 2 is 1.30 bits per heavy atom. The van der Waals surface area contributed by atoms with E-state index >= 15 is 0 Å². The van der Waals surface area contributed by atoms with E-state index in [1.165, 1.54) is 12.1 Å². The highest BCUT2D eigenvalue weighted by molar-refractivity contribution is 6.42. The summed E-state index contributed by atoms with van der Waals surface area (Å²) in [6, 6.07) is 20.4. The number of imide groups is 1. The highest BCUT2D eigenvalue weighted by Crippen LogP contribution is 2.60. The van der Waals surface area contributed by atoms with Crippen LogP contribution in [0.4, 0.5) is 5.69 Å². The van der Waals surface area contributed by atoms with Gasteiger partial charge in [-0.25, -0.2) is 0 Å². The number of nitrogens with one attached hydrogen (secondary N) is 1. The van der Waals surface area contributed by atoms with E-state index < -0.39 is 36.9 Å². The minimum Gasteiger partial charge on any atom is -0.454 e. The summed E-state index contributed by atoms with van der Waals surface area (Å²) in [4.78, 5) is 52.8. The number of carbonyl (C=O) groups excluding carboxylic acids is 4. The zero-order chi connectivity index (χ0) is 25.8. The molecule has 0 radical (unpaired) electrons. The Labute approximate surface area is 222 Å². The maximum atomic E-state index is 13.5. The Bertz CT molecular complexity index is 1370. The summed E-state index contributed by atoms with van der Waals surface area (Å²) in [6.07, 6.45) is 0. The van der Waals surface area contributed by atoms with Crippen molar-refractivity contribution in [2.75, 3.05) is 18.5 Å². The number of ether oxygens (including phenoxy) is 1. The normalized spacial score (nSPS) is 22.8. The van der Waals surface area contributed by atoms with Crippen molar-refractivity contribution in [1.82, 2.24) is 4.90 Å². The molecule has 0 aromatic heterocycles. The molecule has 1 N–H and O–H groups in total. The van der Waals surface area contributed by atoms with Crippen LogP contribution >= 0.6 is 23.2 Å². The predicted molar refractivity (Wildman–Crippen MR) is 136 cm³/mol. The van der Waals surface area contributed by atoms with Gasteiger partial charge in [0.05, 0.1) is 21.9 Å². The molecule has 4 aliphatic rings. The van der Waals surface area contributed by atoms with E-state index in [4.69, 9.17) is 27.9 Å². The van der Waals surface area contributed by atoms with E-state index in [2.05, 4.69) is 5.32 Å². The molecule has 0 saturated carbocycles. The fourth-order valence-corrected chi connectivity index (χ4v) is 6.28. The van der Waals surface area contributed by atoms with Crippen LogP contribution in [0.3, 0.4) is 0 Å². The van der Waals surface area contributed by atoms with Gasteiger partial charge >= 0.3 is 5.97 Å². The number of likely N-dealkylation sites (tertiary alicyclic amines) is 1. The van der Waals surface area contributed by atoms with Gasteiger partial charge in [0, 0.05) is 17.5 Å². The second-order valence-corrected chi connectivity index (χ2v) is 10.2. The first-order valence-corrected chi connectivity index (χ1v) is 12.5. The number of rotatable bonds is 5. The lowest BCUT2D eigenvalue weighted by Gasteiger charge is -2.45. The van der Waals surface area contributed by atoms with Crippen LogP contribution in [0.15, 0.2) is 66.7 Å². The van der Waals surface area contributed by atoms with Gasteiger partial charge in [0.2, 0.25) is 11.8 Å². The Kier molecular flexibility index (Phi) is 5.77. The van der Waals surface area contributed by atoms with Crippen molar-refractivity contribution in [3.05, 3.63) is 99.0 Å². The molecular weight excluding hydrogens is 515 g/mol. The minimum absolute atomic E-state index is 0.253. The van der Waals surface area contributed by atoms with Gasteiger partial charge in [-0.15, -0.1) is 0 Å². The number of halogens is 2. The molecule has 0 unspecified atom stereocenters. The Morgan fingerprint density at radius 3 is 1.78 bits per heavy atom. The fraction of sp³-hybridized carbons (Fsp3) is 0.214. The van der Waals surface area contributed by atoms with Gasteiger partial charge in [-0.2, -0.15) is 0 Å². The van der Waals surface area contributed by atoms with Crippen LogP contribution in [-0.4, -0.2) is 41.7 Å². The van der Waals surface area contributed by atoms with Crippen molar-refractivity contribution in [2.45, 2.75) is 11.8 Å². The van der Waals surface area contributed by atoms with Crippen molar-refractivity contribution in [3.8, 4) is 0 Å². The maximum absolute atomic E-state index is 13.5. The van der Waals surface area contributed by atoms with Crippen LogP contribution in [-0.2, 0) is 23.9 Å². The standard InChI is InChI=1S/C28H20Cl2N2O5/c29-19-10-9-14(11-20(19)30)31-21(33)13-37-22(34)12-32-27(35)25-23-15-5-1-2-6-16(15)24(26(25)28(32)36)18-8-4-3-7-17(18)23/h1-11,23-26H,12-13H2,(H,31,33)/t23?,24?,25-,26+. The van der Waals surface area contributed by atoms with Gasteiger partial charge in [-0.05, 0) is 40.5 Å². The van der Waals surface area contributed by atoms with Crippen LogP contribution in [0.1, 0.15) is 34.1 Å². The SMILES string of the molecule is O=C(COC(=O)CN1C(=O)[C@@H]2C3c4ccccc4C(c4ccccc43)[C@@H]2C1=O)Nc1ccc(Cl)c(Cl)c1. The largest absolute Gasteiger partial charge is 0.454 e. The zero-order valence-corrected chi connectivity index (χ0v) is 20.8. The number of carbonyl (C=O) groups is 4. The molecule has 7 rings (SSSR count). The molecule has 1 aliphatic heterocycles. The van der Waals surface area contributed by atoms with Crippen molar-refractivity contribution in [2.24, 2.45) is 11.8 Å². The molecule has 1 fully saturated rings. The van der Waals surface area contributed by atoms with E-state index in [-0.39, 0.29) is 28.7 Å². The van der Waals surface area contributed by atoms with Crippen molar-refractivity contribution in [3.63, 3.8) is 0 Å². The molecule has 1 saturated heterocycles. The number of esters is 1. The molecule has 186 valence electrons. The van der Waals surface area contributed by atoms with Gasteiger partial charge in [0.1, 0.15) is 6.54 Å².